The van der Waals surface area contributed by atoms with Gasteiger partial charge >= 0.3 is 0 Å². The molecule has 2 atom stereocenters. The predicted octanol–water partition coefficient (Wildman–Crippen LogP) is 2.29. The van der Waals surface area contributed by atoms with Gasteiger partial charge in [0.2, 0.25) is 0 Å². The minimum atomic E-state index is -0.861. The number of rotatable bonds is 2. The molecule has 0 amide bonds. The van der Waals surface area contributed by atoms with E-state index < -0.39 is 5.60 Å². The number of thiazole rings is 1. The topological polar surface area (TPSA) is 59.1 Å². The summed E-state index contributed by atoms with van der Waals surface area (Å²) in [7, 11) is 0. The lowest BCUT2D eigenvalue weighted by Gasteiger charge is -2.22. The fraction of sp³-hybridized carbons (Fsp3) is 0.357. The van der Waals surface area contributed by atoms with Crippen LogP contribution in [0.2, 0.25) is 0 Å². The molecule has 4 heteroatoms. The van der Waals surface area contributed by atoms with Gasteiger partial charge in [0, 0.05) is 30.0 Å². The molecular weight excluding hydrogens is 244 g/mol. The minimum Gasteiger partial charge on any atom is -0.385 e. The van der Waals surface area contributed by atoms with E-state index in [4.69, 9.17) is 5.73 Å². The Labute approximate surface area is 110 Å². The first-order chi connectivity index (χ1) is 8.58. The third-order valence-electron chi connectivity index (χ3n) is 3.53. The summed E-state index contributed by atoms with van der Waals surface area (Å²) >= 11 is 1.60. The molecule has 2 aromatic rings. The summed E-state index contributed by atoms with van der Waals surface area (Å²) in [4.78, 5) is 4.44. The molecule has 0 saturated heterocycles. The van der Waals surface area contributed by atoms with Crippen molar-refractivity contribution >= 4 is 11.3 Å². The van der Waals surface area contributed by atoms with Crippen molar-refractivity contribution in [3.63, 3.8) is 0 Å². The fourth-order valence-electron chi connectivity index (χ4n) is 2.73. The first kappa shape index (κ1) is 11.8. The largest absolute Gasteiger partial charge is 0.385 e. The SMILES string of the molecule is Cc1csc(CC2(O)CC(N)c3ccccc32)n1. The summed E-state index contributed by atoms with van der Waals surface area (Å²) in [6.07, 6.45) is 1.13. The number of hydrogen-bond donors (Lipinski definition) is 2. The van der Waals surface area contributed by atoms with Crippen LogP contribution in [0.3, 0.4) is 0 Å². The fourth-order valence-corrected chi connectivity index (χ4v) is 3.61. The van der Waals surface area contributed by atoms with E-state index in [2.05, 4.69) is 4.98 Å². The molecule has 1 heterocycles. The van der Waals surface area contributed by atoms with Crippen LogP contribution in [0.4, 0.5) is 0 Å². The number of aliphatic hydroxyl groups is 1. The Bertz CT molecular complexity index is 581. The molecule has 1 aromatic heterocycles. The Morgan fingerprint density at radius 2 is 2.28 bits per heavy atom. The van der Waals surface area contributed by atoms with Gasteiger partial charge in [0.25, 0.3) is 0 Å². The number of benzene rings is 1. The number of aryl methyl sites for hydroxylation is 1. The Morgan fingerprint density at radius 1 is 1.50 bits per heavy atom. The maximum atomic E-state index is 10.9. The zero-order valence-electron chi connectivity index (χ0n) is 10.3. The maximum absolute atomic E-state index is 10.9. The van der Waals surface area contributed by atoms with Crippen LogP contribution in [-0.4, -0.2) is 10.1 Å². The number of aromatic nitrogens is 1. The summed E-state index contributed by atoms with van der Waals surface area (Å²) < 4.78 is 0. The van der Waals surface area contributed by atoms with Gasteiger partial charge in [-0.05, 0) is 18.1 Å². The second-order valence-corrected chi connectivity index (χ2v) is 5.93. The predicted molar refractivity (Wildman–Crippen MR) is 72.4 cm³/mol. The van der Waals surface area contributed by atoms with E-state index >= 15 is 0 Å². The summed E-state index contributed by atoms with van der Waals surface area (Å²) in [5.74, 6) is 0. The van der Waals surface area contributed by atoms with Crippen LogP contribution in [-0.2, 0) is 12.0 Å². The monoisotopic (exact) mass is 260 g/mol. The lowest BCUT2D eigenvalue weighted by atomic mass is 9.92. The van der Waals surface area contributed by atoms with E-state index in [1.54, 1.807) is 11.3 Å². The third-order valence-corrected chi connectivity index (χ3v) is 4.50. The van der Waals surface area contributed by atoms with E-state index in [0.717, 1.165) is 21.8 Å². The Balaban J connectivity index is 1.97. The van der Waals surface area contributed by atoms with Gasteiger partial charge in [-0.15, -0.1) is 11.3 Å². The Hall–Kier alpha value is -1.23. The van der Waals surface area contributed by atoms with Gasteiger partial charge in [-0.25, -0.2) is 4.98 Å². The van der Waals surface area contributed by atoms with Gasteiger partial charge in [-0.3, -0.25) is 0 Å². The minimum absolute atomic E-state index is 0.0766. The van der Waals surface area contributed by atoms with Crippen LogP contribution in [0.1, 0.15) is 34.3 Å². The normalized spacial score (nSPS) is 26.3. The van der Waals surface area contributed by atoms with Gasteiger partial charge < -0.3 is 10.8 Å². The Kier molecular flexibility index (Phi) is 2.73. The molecule has 94 valence electrons. The first-order valence-corrected chi connectivity index (χ1v) is 6.95. The van der Waals surface area contributed by atoms with Crippen LogP contribution in [0.15, 0.2) is 29.6 Å². The van der Waals surface area contributed by atoms with Crippen LogP contribution in [0.5, 0.6) is 0 Å². The molecule has 3 N–H and O–H groups in total. The highest BCUT2D eigenvalue weighted by Crippen LogP contribution is 2.44. The van der Waals surface area contributed by atoms with Gasteiger partial charge in [0.15, 0.2) is 0 Å². The second kappa shape index (κ2) is 4.16. The zero-order valence-corrected chi connectivity index (χ0v) is 11.1. The maximum Gasteiger partial charge on any atom is 0.0981 e. The molecule has 1 aliphatic rings. The molecule has 3 nitrogen and oxygen atoms in total. The highest BCUT2D eigenvalue weighted by Gasteiger charge is 2.41. The van der Waals surface area contributed by atoms with Crippen molar-refractivity contribution in [1.29, 1.82) is 0 Å². The van der Waals surface area contributed by atoms with E-state index in [1.165, 1.54) is 0 Å². The van der Waals surface area contributed by atoms with Crippen molar-refractivity contribution in [3.05, 3.63) is 51.5 Å². The molecule has 1 aromatic carbocycles. The molecule has 2 unspecified atom stereocenters. The van der Waals surface area contributed by atoms with Crippen LogP contribution < -0.4 is 5.73 Å². The Morgan fingerprint density at radius 3 is 3.00 bits per heavy atom. The van der Waals surface area contributed by atoms with E-state index in [1.807, 2.05) is 36.6 Å². The summed E-state index contributed by atoms with van der Waals surface area (Å²) in [5.41, 5.74) is 8.28. The van der Waals surface area contributed by atoms with Crippen LogP contribution >= 0.6 is 11.3 Å². The molecule has 0 radical (unpaired) electrons. The smallest absolute Gasteiger partial charge is 0.0981 e. The standard InChI is InChI=1S/C14H16N2OS/c1-9-8-18-13(16-9)7-14(17)6-12(15)10-4-2-3-5-11(10)14/h2-5,8,12,17H,6-7,15H2,1H3. The number of fused-ring (bicyclic) bond motifs is 1. The lowest BCUT2D eigenvalue weighted by Crippen LogP contribution is -2.26. The second-order valence-electron chi connectivity index (χ2n) is 4.99. The van der Waals surface area contributed by atoms with Crippen LogP contribution in [0.25, 0.3) is 0 Å². The quantitative estimate of drug-likeness (QED) is 0.871. The van der Waals surface area contributed by atoms with Crippen molar-refractivity contribution in [1.82, 2.24) is 4.98 Å². The van der Waals surface area contributed by atoms with Gasteiger partial charge in [-0.2, -0.15) is 0 Å². The van der Waals surface area contributed by atoms with Gasteiger partial charge in [0.1, 0.15) is 0 Å². The third kappa shape index (κ3) is 1.86. The molecule has 0 spiro atoms. The first-order valence-electron chi connectivity index (χ1n) is 6.07. The summed E-state index contributed by atoms with van der Waals surface area (Å²) in [5, 5.41) is 13.8. The van der Waals surface area contributed by atoms with Crippen molar-refractivity contribution < 1.29 is 5.11 Å². The highest BCUT2D eigenvalue weighted by molar-refractivity contribution is 7.09. The molecule has 3 rings (SSSR count). The lowest BCUT2D eigenvalue weighted by molar-refractivity contribution is 0.0341. The molecule has 18 heavy (non-hydrogen) atoms. The molecule has 1 aliphatic carbocycles. The average molecular weight is 260 g/mol. The zero-order chi connectivity index (χ0) is 12.8. The molecule has 0 saturated carbocycles. The van der Waals surface area contributed by atoms with Crippen molar-refractivity contribution in [2.45, 2.75) is 31.4 Å². The van der Waals surface area contributed by atoms with Crippen LogP contribution in [0, 0.1) is 6.92 Å². The number of hydrogen-bond acceptors (Lipinski definition) is 4. The molecular formula is C14H16N2OS. The summed E-state index contributed by atoms with van der Waals surface area (Å²) in [6.45, 7) is 1.97. The molecule has 0 bridgehead atoms. The van der Waals surface area contributed by atoms with Crippen molar-refractivity contribution in [2.75, 3.05) is 0 Å². The van der Waals surface area contributed by atoms with Crippen molar-refractivity contribution in [2.24, 2.45) is 5.73 Å². The van der Waals surface area contributed by atoms with E-state index in [9.17, 15) is 5.11 Å². The molecule has 0 fully saturated rings. The van der Waals surface area contributed by atoms with Gasteiger partial charge in [0.05, 0.1) is 10.6 Å². The van der Waals surface area contributed by atoms with E-state index in [-0.39, 0.29) is 6.04 Å². The average Bonchev–Trinajstić information content (AvgIpc) is 2.84. The summed E-state index contributed by atoms with van der Waals surface area (Å²) in [6, 6.07) is 7.83. The number of nitrogens with two attached hydrogens (primary N) is 1. The highest BCUT2D eigenvalue weighted by atomic mass is 32.1. The van der Waals surface area contributed by atoms with Crippen molar-refractivity contribution in [3.8, 4) is 0 Å². The van der Waals surface area contributed by atoms with E-state index in [0.29, 0.717) is 12.8 Å². The number of nitrogens with zero attached hydrogens (tertiary/aromatic N) is 1. The van der Waals surface area contributed by atoms with Gasteiger partial charge in [-0.1, -0.05) is 24.3 Å². The molecule has 0 aliphatic heterocycles.